The molecule has 1 aliphatic carbocycles. The molecule has 3 rings (SSSR count). The molecular formula is C20H24Cl2N2Ti-2. The SMILES string of the molecule is Cc1ccccc1[N-]C1CCCCC1[N-]c1ccccc1C.[Cl][Ti][Cl]. The number of benzene rings is 2. The third-order valence-corrected chi connectivity index (χ3v) is 4.53. The molecule has 1 aliphatic rings. The molecule has 2 unspecified atom stereocenters. The van der Waals surface area contributed by atoms with Crippen molar-refractivity contribution in [1.29, 1.82) is 0 Å². The van der Waals surface area contributed by atoms with Crippen LogP contribution in [0.25, 0.3) is 10.6 Å². The van der Waals surface area contributed by atoms with Gasteiger partial charge in [-0.1, -0.05) is 85.3 Å². The second-order valence-electron chi connectivity index (χ2n) is 6.32. The molecule has 0 bridgehead atoms. The Morgan fingerprint density at radius 1 is 0.760 bits per heavy atom. The van der Waals surface area contributed by atoms with Crippen LogP contribution in [0.1, 0.15) is 36.8 Å². The first-order valence-corrected chi connectivity index (χ1v) is 12.9. The van der Waals surface area contributed by atoms with Crippen LogP contribution >= 0.6 is 18.6 Å². The Labute approximate surface area is 168 Å². The van der Waals surface area contributed by atoms with Crippen molar-refractivity contribution in [1.82, 2.24) is 0 Å². The van der Waals surface area contributed by atoms with Crippen LogP contribution in [0.5, 0.6) is 0 Å². The molecule has 134 valence electrons. The number of nitrogens with zero attached hydrogens (tertiary/aromatic N) is 2. The summed E-state index contributed by atoms with van der Waals surface area (Å²) >= 11 is -0.556. The quantitative estimate of drug-likeness (QED) is 0.461. The summed E-state index contributed by atoms with van der Waals surface area (Å²) in [5.74, 6) is 0. The van der Waals surface area contributed by atoms with Gasteiger partial charge in [-0.2, -0.15) is 0 Å². The molecule has 0 aromatic heterocycles. The monoisotopic (exact) mass is 410 g/mol. The standard InChI is InChI=1S/C20H24N2.2ClH.Ti/c1-15-9-3-5-11-17(15)21-19-13-7-8-14-20(19)22-18-12-6-4-10-16(18)2;;;/h3-6,9-12,19-20H,7-8,13-14H2,1-2H3;2*1H;/q-2;;;+2/p-2. The van der Waals surface area contributed by atoms with Crippen molar-refractivity contribution in [3.63, 3.8) is 0 Å². The molecule has 1 saturated carbocycles. The predicted molar refractivity (Wildman–Crippen MR) is 106 cm³/mol. The maximum absolute atomic E-state index is 5.03. The summed E-state index contributed by atoms with van der Waals surface area (Å²) in [6.45, 7) is 4.27. The summed E-state index contributed by atoms with van der Waals surface area (Å²) in [7, 11) is 9.78. The van der Waals surface area contributed by atoms with Gasteiger partial charge in [-0.3, -0.25) is 0 Å². The Bertz CT molecular complexity index is 596. The van der Waals surface area contributed by atoms with Crippen molar-refractivity contribution in [2.75, 3.05) is 0 Å². The van der Waals surface area contributed by atoms with Gasteiger partial charge in [-0.25, -0.2) is 0 Å². The summed E-state index contributed by atoms with van der Waals surface area (Å²) in [4.78, 5) is 0. The fourth-order valence-corrected chi connectivity index (χ4v) is 3.17. The van der Waals surface area contributed by atoms with E-state index in [1.807, 2.05) is 0 Å². The third-order valence-electron chi connectivity index (χ3n) is 4.53. The Hall–Kier alpha value is -0.666. The van der Waals surface area contributed by atoms with E-state index in [4.69, 9.17) is 29.2 Å². The van der Waals surface area contributed by atoms with Gasteiger partial charge >= 0.3 is 35.6 Å². The van der Waals surface area contributed by atoms with E-state index in [-0.39, 0.29) is 0 Å². The number of rotatable bonds is 4. The van der Waals surface area contributed by atoms with Crippen molar-refractivity contribution >= 4 is 30.0 Å². The van der Waals surface area contributed by atoms with Crippen LogP contribution in [-0.4, -0.2) is 12.1 Å². The third kappa shape index (κ3) is 6.53. The molecule has 5 heteroatoms. The van der Waals surface area contributed by atoms with Gasteiger partial charge in [0.1, 0.15) is 0 Å². The van der Waals surface area contributed by atoms with E-state index in [1.165, 1.54) is 24.0 Å². The molecule has 1 fully saturated rings. The van der Waals surface area contributed by atoms with Crippen LogP contribution in [0.3, 0.4) is 0 Å². The van der Waals surface area contributed by atoms with Gasteiger partial charge in [0.2, 0.25) is 0 Å². The molecule has 0 amide bonds. The van der Waals surface area contributed by atoms with Gasteiger partial charge in [-0.05, 0) is 13.8 Å². The minimum atomic E-state index is -0.556. The maximum atomic E-state index is 5.03. The molecule has 0 saturated heterocycles. The Balaban J connectivity index is 0.000000701. The predicted octanol–water partition coefficient (Wildman–Crippen LogP) is 7.70. The Morgan fingerprint density at radius 2 is 1.12 bits per heavy atom. The summed E-state index contributed by atoms with van der Waals surface area (Å²) in [6, 6.07) is 17.4. The van der Waals surface area contributed by atoms with Crippen molar-refractivity contribution < 1.29 is 17.0 Å². The summed E-state index contributed by atoms with van der Waals surface area (Å²) in [5.41, 5.74) is 4.75. The van der Waals surface area contributed by atoms with Crippen LogP contribution < -0.4 is 0 Å². The topological polar surface area (TPSA) is 28.2 Å². The van der Waals surface area contributed by atoms with Crippen molar-refractivity contribution in [3.05, 3.63) is 70.3 Å². The first kappa shape index (κ1) is 20.6. The molecule has 2 atom stereocenters. The van der Waals surface area contributed by atoms with E-state index in [0.29, 0.717) is 12.1 Å². The second-order valence-corrected chi connectivity index (χ2v) is 8.90. The van der Waals surface area contributed by atoms with Crippen LogP contribution in [0.2, 0.25) is 0 Å². The molecule has 0 N–H and O–H groups in total. The van der Waals surface area contributed by atoms with Crippen LogP contribution in [-0.2, 0) is 17.0 Å². The zero-order valence-corrected chi connectivity index (χ0v) is 17.8. The first-order valence-electron chi connectivity index (χ1n) is 8.65. The molecule has 0 radical (unpaired) electrons. The number of hydrogen-bond acceptors (Lipinski definition) is 0. The number of aryl methyl sites for hydroxylation is 2. The molecule has 0 heterocycles. The molecule has 0 spiro atoms. The van der Waals surface area contributed by atoms with E-state index >= 15 is 0 Å². The Kier molecular flexibility index (Phi) is 9.19. The molecule has 0 aliphatic heterocycles. The van der Waals surface area contributed by atoms with E-state index in [0.717, 1.165) is 24.2 Å². The first-order chi connectivity index (χ1) is 12.2. The van der Waals surface area contributed by atoms with Crippen molar-refractivity contribution in [2.24, 2.45) is 0 Å². The fourth-order valence-electron chi connectivity index (χ4n) is 3.17. The Morgan fingerprint density at radius 3 is 1.48 bits per heavy atom. The van der Waals surface area contributed by atoms with Gasteiger partial charge in [0.05, 0.1) is 0 Å². The average Bonchev–Trinajstić information content (AvgIpc) is 2.61. The number of hydrogen-bond donors (Lipinski definition) is 0. The molecular weight excluding hydrogens is 387 g/mol. The molecule has 2 nitrogen and oxygen atoms in total. The van der Waals surface area contributed by atoms with Crippen molar-refractivity contribution in [2.45, 2.75) is 51.6 Å². The molecule has 2 aromatic rings. The van der Waals surface area contributed by atoms with Crippen LogP contribution in [0.4, 0.5) is 11.4 Å². The zero-order chi connectivity index (χ0) is 18.1. The number of halogens is 2. The van der Waals surface area contributed by atoms with Gasteiger partial charge in [0.25, 0.3) is 0 Å². The minimum absolute atomic E-state index is 0.314. The van der Waals surface area contributed by atoms with Gasteiger partial charge in [-0.15, -0.1) is 23.5 Å². The average molecular weight is 411 g/mol. The van der Waals surface area contributed by atoms with Crippen molar-refractivity contribution in [3.8, 4) is 0 Å². The number of para-hydroxylation sites is 2. The van der Waals surface area contributed by atoms with Gasteiger partial charge < -0.3 is 10.6 Å². The fraction of sp³-hybridized carbons (Fsp3) is 0.400. The van der Waals surface area contributed by atoms with Gasteiger partial charge in [0.15, 0.2) is 0 Å². The van der Waals surface area contributed by atoms with E-state index in [9.17, 15) is 0 Å². The van der Waals surface area contributed by atoms with Crippen LogP contribution in [0, 0.1) is 13.8 Å². The van der Waals surface area contributed by atoms with E-state index in [2.05, 4.69) is 62.4 Å². The zero-order valence-electron chi connectivity index (χ0n) is 14.8. The molecule has 25 heavy (non-hydrogen) atoms. The van der Waals surface area contributed by atoms with E-state index in [1.54, 1.807) is 0 Å². The normalized spacial score (nSPS) is 19.4. The summed E-state index contributed by atoms with van der Waals surface area (Å²) < 4.78 is 0. The molecule has 2 aromatic carbocycles. The second kappa shape index (κ2) is 11.1. The van der Waals surface area contributed by atoms with Crippen LogP contribution in [0.15, 0.2) is 48.5 Å². The summed E-state index contributed by atoms with van der Waals surface area (Å²) in [5, 5.41) is 10.1. The van der Waals surface area contributed by atoms with E-state index < -0.39 is 17.0 Å². The summed E-state index contributed by atoms with van der Waals surface area (Å²) in [6.07, 6.45) is 4.82. The van der Waals surface area contributed by atoms with Gasteiger partial charge in [0, 0.05) is 0 Å².